The van der Waals surface area contributed by atoms with Gasteiger partial charge in [0.15, 0.2) is 17.4 Å². The number of fused-ring (bicyclic) bond motifs is 3. The zero-order valence-electron chi connectivity index (χ0n) is 59.0. The van der Waals surface area contributed by atoms with Gasteiger partial charge < -0.3 is 53.3 Å². The molecule has 7 heterocycles. The van der Waals surface area contributed by atoms with Crippen LogP contribution in [0.5, 0.6) is 5.75 Å². The minimum atomic E-state index is -4.69. The molecule has 6 aromatic rings. The molecular formula is C73H91N10O17S-. The fourth-order valence-corrected chi connectivity index (χ4v) is 13.7. The van der Waals surface area contributed by atoms with Crippen molar-refractivity contribution in [2.24, 2.45) is 38.9 Å². The lowest BCUT2D eigenvalue weighted by Crippen LogP contribution is -2.44. The molecule has 5 atom stereocenters. The Balaban J connectivity index is 0.000000265. The Morgan fingerprint density at radius 2 is 1.49 bits per heavy atom. The number of likely N-dealkylation sites (tertiary alicyclic amines) is 1. The van der Waals surface area contributed by atoms with E-state index in [9.17, 15) is 65.7 Å². The summed E-state index contributed by atoms with van der Waals surface area (Å²) < 4.78 is 60.2. The summed E-state index contributed by atoms with van der Waals surface area (Å²) in [5.74, 6) is -2.58. The van der Waals surface area contributed by atoms with E-state index in [0.29, 0.717) is 58.8 Å². The van der Waals surface area contributed by atoms with Crippen LogP contribution < -0.4 is 20.7 Å². The predicted molar refractivity (Wildman–Crippen MR) is 373 cm³/mol. The lowest BCUT2D eigenvalue weighted by Gasteiger charge is -2.30. The average molecular weight is 1410 g/mol. The number of rotatable bonds is 33. The summed E-state index contributed by atoms with van der Waals surface area (Å²) in [6, 6.07) is 12.5. The molecule has 6 amide bonds. The second-order valence-corrected chi connectivity index (χ2v) is 28.4. The zero-order valence-corrected chi connectivity index (χ0v) is 59.8. The summed E-state index contributed by atoms with van der Waals surface area (Å²) in [4.78, 5) is 146. The molecule has 3 aliphatic rings. The third kappa shape index (κ3) is 20.4. The van der Waals surface area contributed by atoms with E-state index in [2.05, 4.69) is 27.5 Å². The van der Waals surface area contributed by atoms with Crippen molar-refractivity contribution in [3.8, 4) is 5.75 Å². The predicted octanol–water partition coefficient (Wildman–Crippen LogP) is 6.87. The molecule has 3 N–H and O–H groups in total. The van der Waals surface area contributed by atoms with E-state index >= 15 is 0 Å². The number of carbonyl (C=O) groups excluding carboxylic acids is 11. The SMILES string of the molecule is C=C1C[C@H]2C(S(=O)(=O)[O-])Cc3cc(OCCCC(=O)Nc4cn(C)c(C(=O)Cc5cc(C)n(C)c5)n4)c(C)cc3C(=O)N2C1.CC(=O)Nc1cc(C(=O)n2ccc3cc(CC(=O)[C@H](C)NC(=O)[C@@H](CC(=O)CCOCCOCCCC(=O)CCN4C(=O)CC(C)C4=O)C(C)C)ccc32)n(C)c1. The van der Waals surface area contributed by atoms with E-state index in [1.54, 1.807) is 99.0 Å². The number of ketones is 4. The highest BCUT2D eigenvalue weighted by atomic mass is 32.2. The molecular weight excluding hydrogens is 1320 g/mol. The maximum absolute atomic E-state index is 13.3. The Hall–Kier alpha value is -9.51. The van der Waals surface area contributed by atoms with Crippen molar-refractivity contribution in [1.29, 1.82) is 0 Å². The normalized spacial score (nSPS) is 16.5. The van der Waals surface area contributed by atoms with Gasteiger partial charge in [0.05, 0.1) is 65.1 Å². The maximum Gasteiger partial charge on any atom is 0.279 e. The molecule has 2 unspecified atom stereocenters. The van der Waals surface area contributed by atoms with Crippen molar-refractivity contribution < 1.29 is 79.9 Å². The Morgan fingerprint density at radius 3 is 2.16 bits per heavy atom. The van der Waals surface area contributed by atoms with Crippen LogP contribution in [0.15, 0.2) is 85.5 Å². The molecule has 0 aliphatic carbocycles. The highest BCUT2D eigenvalue weighted by Gasteiger charge is 2.44. The first-order valence-corrected chi connectivity index (χ1v) is 35.4. The minimum absolute atomic E-state index is 0.0150. The Kier molecular flexibility index (Phi) is 26.2. The van der Waals surface area contributed by atoms with Gasteiger partial charge in [-0.15, -0.1) is 0 Å². The Labute approximate surface area is 587 Å². The lowest BCUT2D eigenvalue weighted by atomic mass is 9.88. The molecule has 2 saturated heterocycles. The monoisotopic (exact) mass is 1410 g/mol. The minimum Gasteiger partial charge on any atom is -0.748 e. The first-order valence-electron chi connectivity index (χ1n) is 33.9. The van der Waals surface area contributed by atoms with Gasteiger partial charge in [-0.1, -0.05) is 39.0 Å². The molecule has 9 rings (SSSR count). The number of hydrogen-bond donors (Lipinski definition) is 3. The van der Waals surface area contributed by atoms with E-state index in [-0.39, 0.29) is 192 Å². The summed E-state index contributed by atoms with van der Waals surface area (Å²) in [7, 11) is 0.648. The van der Waals surface area contributed by atoms with Crippen LogP contribution in [0.25, 0.3) is 10.9 Å². The molecule has 0 bridgehead atoms. The topological polar surface area (TPSA) is 348 Å². The van der Waals surface area contributed by atoms with Crippen LogP contribution in [0, 0.1) is 31.6 Å². The number of carbonyl (C=O) groups is 11. The number of benzene rings is 2. The Morgan fingerprint density at radius 1 is 0.762 bits per heavy atom. The molecule has 28 heteroatoms. The third-order valence-corrected chi connectivity index (χ3v) is 19.6. The van der Waals surface area contributed by atoms with E-state index in [1.165, 1.54) is 21.3 Å². The van der Waals surface area contributed by atoms with E-state index in [1.807, 2.05) is 50.7 Å². The first-order chi connectivity index (χ1) is 47.8. The van der Waals surface area contributed by atoms with Crippen molar-refractivity contribution in [2.75, 3.05) is 56.8 Å². The van der Waals surface area contributed by atoms with E-state index in [4.69, 9.17) is 14.2 Å². The highest BCUT2D eigenvalue weighted by molar-refractivity contribution is 7.86. The Bertz CT molecular complexity index is 4270. The summed E-state index contributed by atoms with van der Waals surface area (Å²) >= 11 is 0. The van der Waals surface area contributed by atoms with Gasteiger partial charge in [-0.05, 0) is 117 Å². The second-order valence-electron chi connectivity index (χ2n) is 26.8. The zero-order chi connectivity index (χ0) is 73.7. The van der Waals surface area contributed by atoms with Crippen molar-refractivity contribution in [3.63, 3.8) is 0 Å². The van der Waals surface area contributed by atoms with Gasteiger partial charge in [0.25, 0.3) is 11.8 Å². The van der Waals surface area contributed by atoms with Crippen LogP contribution in [0.3, 0.4) is 0 Å². The highest BCUT2D eigenvalue weighted by Crippen LogP contribution is 2.37. The van der Waals surface area contributed by atoms with Crippen molar-refractivity contribution in [1.82, 2.24) is 38.4 Å². The molecule has 0 radical (unpaired) electrons. The number of ether oxygens (including phenoxy) is 3. The van der Waals surface area contributed by atoms with E-state index in [0.717, 1.165) is 27.8 Å². The van der Waals surface area contributed by atoms with Gasteiger partial charge >= 0.3 is 0 Å². The van der Waals surface area contributed by atoms with Gasteiger partial charge in [-0.3, -0.25) is 62.2 Å². The molecule has 2 fully saturated rings. The number of aryl methyl sites for hydroxylation is 5. The smallest absolute Gasteiger partial charge is 0.279 e. The summed E-state index contributed by atoms with van der Waals surface area (Å²) in [6.07, 6.45) is 9.02. The molecule has 27 nitrogen and oxygen atoms in total. The van der Waals surface area contributed by atoms with Crippen LogP contribution in [0.1, 0.15) is 152 Å². The molecule has 0 saturated carbocycles. The van der Waals surface area contributed by atoms with Crippen LogP contribution in [-0.2, 0) is 98.4 Å². The standard InChI is InChI=1S/C42H55N5O10.C31H37N5O7S/c1-26(2)35(24-34(50)13-17-57-19-18-56-16-7-8-33(49)12-15-47-39(52)20-27(3)41(47)54)40(53)43-28(4)38(51)22-30-9-10-36-31(21-30)11-14-46(36)42(55)37-23-32(25-45(37)6)44-29(5)48;1-18-9-24-27(44(40,41)42)14-22-13-26(19(2)10-23(22)31(39)36(24)15-18)43-8-6-7-29(38)32-28-17-35(5)30(33-28)25(37)12-21-11-20(3)34(4)16-21/h9-11,14,21,23,25-28,35H,7-8,12-13,15-20,22,24H2,1-6H3,(H,43,53)(H,44,48);10-11,13,16-17,24,27H,1,6-9,12,14-15H2,2-5H3,(H,32,38)(H,40,41,42)/p-1/t27?,28-,35-;24-,27?/m00/s1. The molecule has 101 heavy (non-hydrogen) atoms. The van der Waals surface area contributed by atoms with Gasteiger partial charge in [-0.25, -0.2) is 13.4 Å². The van der Waals surface area contributed by atoms with E-state index < -0.39 is 33.4 Å². The van der Waals surface area contributed by atoms with Gasteiger partial charge in [0, 0.05) is 152 Å². The second kappa shape index (κ2) is 34.2. The van der Waals surface area contributed by atoms with Crippen LogP contribution in [0.4, 0.5) is 11.5 Å². The number of anilines is 2. The van der Waals surface area contributed by atoms with Gasteiger partial charge in [-0.2, -0.15) is 0 Å². The molecule has 542 valence electrons. The number of amides is 6. The fraction of sp³-hybridized carbons (Fsp3) is 0.479. The van der Waals surface area contributed by atoms with Crippen LogP contribution >= 0.6 is 0 Å². The third-order valence-electron chi connectivity index (χ3n) is 18.3. The maximum atomic E-state index is 13.3. The number of nitrogens with zero attached hydrogens (tertiary/aromatic N) is 7. The lowest BCUT2D eigenvalue weighted by molar-refractivity contribution is -0.139. The number of Topliss-reactive ketones (excluding diaryl/α,β-unsaturated/α-hetero) is 4. The summed E-state index contributed by atoms with van der Waals surface area (Å²) in [6.45, 7) is 17.7. The number of imidazole rings is 1. The number of nitrogens with one attached hydrogen (secondary N) is 3. The average Bonchev–Trinajstić information content (AvgIpc) is 1.62. The van der Waals surface area contributed by atoms with Crippen molar-refractivity contribution >= 4 is 97.0 Å². The number of hydrogen-bond acceptors (Lipinski definition) is 18. The van der Waals surface area contributed by atoms with Crippen molar-refractivity contribution in [2.45, 2.75) is 143 Å². The van der Waals surface area contributed by atoms with Crippen LogP contribution in [-0.4, -0.2) is 174 Å². The largest absolute Gasteiger partial charge is 0.748 e. The fourth-order valence-electron chi connectivity index (χ4n) is 12.7. The molecule has 4 aromatic heterocycles. The van der Waals surface area contributed by atoms with Gasteiger partial charge in [0.1, 0.15) is 23.0 Å². The molecule has 3 aliphatic heterocycles. The van der Waals surface area contributed by atoms with Crippen molar-refractivity contribution in [3.05, 3.63) is 130 Å². The number of imide groups is 1. The first kappa shape index (κ1) is 77.2. The summed E-state index contributed by atoms with van der Waals surface area (Å²) in [5.41, 5.74) is 6.42. The van der Waals surface area contributed by atoms with Gasteiger partial charge in [0.2, 0.25) is 35.3 Å². The molecule has 0 spiro atoms. The molecule has 2 aromatic carbocycles. The number of aromatic nitrogens is 5. The quantitative estimate of drug-likeness (QED) is 0.0124. The van der Waals surface area contributed by atoms with Crippen LogP contribution in [0.2, 0.25) is 0 Å². The summed E-state index contributed by atoms with van der Waals surface area (Å²) in [5, 5.41) is 7.68.